The molecule has 2 rings (SSSR count). The lowest BCUT2D eigenvalue weighted by molar-refractivity contribution is 0.0583. The van der Waals surface area contributed by atoms with Crippen LogP contribution in [0.1, 0.15) is 20.7 Å². The zero-order valence-corrected chi connectivity index (χ0v) is 13.6. The van der Waals surface area contributed by atoms with Crippen LogP contribution in [-0.4, -0.2) is 30.7 Å². The molecule has 0 unspecified atom stereocenters. The number of esters is 1. The number of ether oxygens (including phenoxy) is 1. The molecule has 0 bridgehead atoms. The highest BCUT2D eigenvalue weighted by molar-refractivity contribution is 6.30. The predicted molar refractivity (Wildman–Crippen MR) is 89.4 cm³/mol. The Balaban J connectivity index is 2.25. The van der Waals surface area contributed by atoms with Gasteiger partial charge in [-0.25, -0.2) is 4.79 Å². The zero-order valence-electron chi connectivity index (χ0n) is 12.8. The highest BCUT2D eigenvalue weighted by Crippen LogP contribution is 2.16. The number of allylic oxidation sites excluding steroid dienone is 1. The molecule has 2 aromatic carbocycles. The summed E-state index contributed by atoms with van der Waals surface area (Å²) in [6, 6.07) is 14.9. The first-order valence-corrected chi connectivity index (χ1v) is 7.31. The number of halogens is 1. The van der Waals surface area contributed by atoms with Gasteiger partial charge in [0.1, 0.15) is 0 Å². The predicted octanol–water partition coefficient (Wildman–Crippen LogP) is 3.78. The molecule has 0 amide bonds. The second-order valence-electron chi connectivity index (χ2n) is 5.05. The molecule has 0 heterocycles. The van der Waals surface area contributed by atoms with Gasteiger partial charge in [-0.1, -0.05) is 29.8 Å². The van der Waals surface area contributed by atoms with Gasteiger partial charge in [0.15, 0.2) is 5.76 Å². The van der Waals surface area contributed by atoms with Crippen LogP contribution in [0.15, 0.2) is 66.6 Å². The van der Waals surface area contributed by atoms with Crippen molar-refractivity contribution in [1.29, 1.82) is 0 Å². The smallest absolute Gasteiger partial charge is 0.343 e. The average Bonchev–Trinajstić information content (AvgIpc) is 2.54. The second kappa shape index (κ2) is 7.61. The minimum absolute atomic E-state index is 0.0498. The van der Waals surface area contributed by atoms with Crippen molar-refractivity contribution in [3.63, 3.8) is 0 Å². The molecule has 0 aliphatic heterocycles. The van der Waals surface area contributed by atoms with Gasteiger partial charge in [0.2, 0.25) is 5.78 Å². The largest absolute Gasteiger partial charge is 0.417 e. The van der Waals surface area contributed by atoms with Crippen molar-refractivity contribution in [2.24, 2.45) is 0 Å². The lowest BCUT2D eigenvalue weighted by Crippen LogP contribution is -2.16. The molecule has 0 atom stereocenters. The van der Waals surface area contributed by atoms with E-state index in [0.29, 0.717) is 16.1 Å². The molecule has 23 heavy (non-hydrogen) atoms. The van der Waals surface area contributed by atoms with Crippen molar-refractivity contribution in [1.82, 2.24) is 4.90 Å². The van der Waals surface area contributed by atoms with Crippen molar-refractivity contribution < 1.29 is 14.3 Å². The van der Waals surface area contributed by atoms with Crippen LogP contribution in [0.5, 0.6) is 0 Å². The molecule has 2 aromatic rings. The molecule has 0 aliphatic carbocycles. The Morgan fingerprint density at radius 1 is 0.957 bits per heavy atom. The van der Waals surface area contributed by atoms with E-state index >= 15 is 0 Å². The fraction of sp³-hybridized carbons (Fsp3) is 0.111. The van der Waals surface area contributed by atoms with Crippen molar-refractivity contribution in [2.75, 3.05) is 14.1 Å². The van der Waals surface area contributed by atoms with E-state index in [9.17, 15) is 9.59 Å². The second-order valence-corrected chi connectivity index (χ2v) is 5.48. The zero-order chi connectivity index (χ0) is 16.8. The van der Waals surface area contributed by atoms with E-state index in [-0.39, 0.29) is 11.5 Å². The van der Waals surface area contributed by atoms with Crippen LogP contribution in [0.4, 0.5) is 0 Å². The number of nitrogens with zero attached hydrogens (tertiary/aromatic N) is 1. The Morgan fingerprint density at radius 2 is 1.57 bits per heavy atom. The van der Waals surface area contributed by atoms with Gasteiger partial charge in [-0.2, -0.15) is 0 Å². The van der Waals surface area contributed by atoms with Gasteiger partial charge in [0.05, 0.1) is 5.56 Å². The third-order valence-corrected chi connectivity index (χ3v) is 3.17. The molecule has 0 spiro atoms. The molecule has 0 fully saturated rings. The molecule has 0 aliphatic rings. The number of Topliss-reactive ketones (excluding diaryl/α,β-unsaturated/α-hetero) is 1. The van der Waals surface area contributed by atoms with Gasteiger partial charge in [-0.05, 0) is 36.4 Å². The summed E-state index contributed by atoms with van der Waals surface area (Å²) in [6.07, 6.45) is 1.47. The monoisotopic (exact) mass is 329 g/mol. The van der Waals surface area contributed by atoms with Crippen molar-refractivity contribution in [3.05, 3.63) is 82.7 Å². The first kappa shape index (κ1) is 16.8. The van der Waals surface area contributed by atoms with Crippen LogP contribution in [0.3, 0.4) is 0 Å². The number of carbonyl (C=O) groups is 2. The standard InChI is InChI=1S/C18H16ClNO3/c1-20(2)12-16(17(21)13-8-10-15(19)11-9-13)23-18(22)14-6-4-3-5-7-14/h3-12H,1-2H3/b16-12-. The molecule has 0 saturated heterocycles. The molecule has 4 nitrogen and oxygen atoms in total. The van der Waals surface area contributed by atoms with Crippen molar-refractivity contribution >= 4 is 23.4 Å². The molecular weight excluding hydrogens is 314 g/mol. The number of hydrogen-bond acceptors (Lipinski definition) is 4. The Hall–Kier alpha value is -2.59. The van der Waals surface area contributed by atoms with Crippen LogP contribution in [-0.2, 0) is 4.74 Å². The molecule has 0 aromatic heterocycles. The van der Waals surface area contributed by atoms with Crippen LogP contribution in [0.25, 0.3) is 0 Å². The number of hydrogen-bond donors (Lipinski definition) is 0. The Morgan fingerprint density at radius 3 is 2.13 bits per heavy atom. The van der Waals surface area contributed by atoms with E-state index in [0.717, 1.165) is 0 Å². The van der Waals surface area contributed by atoms with E-state index in [2.05, 4.69) is 0 Å². The third-order valence-electron chi connectivity index (χ3n) is 2.92. The van der Waals surface area contributed by atoms with E-state index in [1.807, 2.05) is 0 Å². The minimum atomic E-state index is -0.582. The number of carbonyl (C=O) groups excluding carboxylic acids is 2. The van der Waals surface area contributed by atoms with Gasteiger partial charge < -0.3 is 9.64 Å². The Bertz CT molecular complexity index is 722. The Kier molecular flexibility index (Phi) is 5.55. The molecule has 5 heteroatoms. The molecule has 0 radical (unpaired) electrons. The topological polar surface area (TPSA) is 46.6 Å². The normalized spacial score (nSPS) is 11.0. The van der Waals surface area contributed by atoms with Crippen LogP contribution < -0.4 is 0 Å². The molecule has 0 saturated carbocycles. The fourth-order valence-electron chi connectivity index (χ4n) is 1.84. The van der Waals surface area contributed by atoms with Crippen LogP contribution in [0.2, 0.25) is 5.02 Å². The van der Waals surface area contributed by atoms with Gasteiger partial charge >= 0.3 is 5.97 Å². The summed E-state index contributed by atoms with van der Waals surface area (Å²) in [5.41, 5.74) is 0.768. The molecular formula is C18H16ClNO3. The molecule has 118 valence electrons. The minimum Gasteiger partial charge on any atom is -0.417 e. The average molecular weight is 330 g/mol. The van der Waals surface area contributed by atoms with Gasteiger partial charge in [-0.15, -0.1) is 0 Å². The summed E-state index contributed by atoms with van der Waals surface area (Å²) in [6.45, 7) is 0. The first-order valence-electron chi connectivity index (χ1n) is 6.93. The van der Waals surface area contributed by atoms with Gasteiger partial charge in [-0.3, -0.25) is 4.79 Å². The lowest BCUT2D eigenvalue weighted by atomic mass is 10.1. The Labute approximate surface area is 139 Å². The third kappa shape index (κ3) is 4.69. The SMILES string of the molecule is CN(C)/C=C(\OC(=O)c1ccccc1)C(=O)c1ccc(Cl)cc1. The van der Waals surface area contributed by atoms with Gasteiger partial charge in [0.25, 0.3) is 0 Å². The van der Waals surface area contributed by atoms with Crippen LogP contribution >= 0.6 is 11.6 Å². The maximum Gasteiger partial charge on any atom is 0.343 e. The summed E-state index contributed by atoms with van der Waals surface area (Å²) in [5, 5.41) is 0.529. The van der Waals surface area contributed by atoms with Crippen LogP contribution in [0, 0.1) is 0 Å². The van der Waals surface area contributed by atoms with Crippen molar-refractivity contribution in [3.8, 4) is 0 Å². The van der Waals surface area contributed by atoms with E-state index in [1.165, 1.54) is 6.20 Å². The van der Waals surface area contributed by atoms with Gasteiger partial charge in [0, 0.05) is 30.9 Å². The number of benzene rings is 2. The summed E-state index contributed by atoms with van der Waals surface area (Å²) >= 11 is 5.83. The van der Waals surface area contributed by atoms with E-state index in [4.69, 9.17) is 16.3 Å². The quantitative estimate of drug-likeness (QED) is 0.362. The fourth-order valence-corrected chi connectivity index (χ4v) is 1.97. The maximum absolute atomic E-state index is 12.5. The summed E-state index contributed by atoms with van der Waals surface area (Å²) in [5.74, 6) is -1.02. The lowest BCUT2D eigenvalue weighted by Gasteiger charge is -2.12. The first-order chi connectivity index (χ1) is 11.0. The molecule has 0 N–H and O–H groups in total. The summed E-state index contributed by atoms with van der Waals surface area (Å²) in [4.78, 5) is 26.4. The number of ketones is 1. The van der Waals surface area contributed by atoms with E-state index < -0.39 is 5.97 Å². The summed E-state index contributed by atoms with van der Waals surface area (Å²) < 4.78 is 5.29. The van der Waals surface area contributed by atoms with Crippen molar-refractivity contribution in [2.45, 2.75) is 0 Å². The number of rotatable bonds is 5. The highest BCUT2D eigenvalue weighted by atomic mass is 35.5. The maximum atomic E-state index is 12.5. The summed E-state index contributed by atoms with van der Waals surface area (Å²) in [7, 11) is 3.48. The van der Waals surface area contributed by atoms with E-state index in [1.54, 1.807) is 73.6 Å². The highest BCUT2D eigenvalue weighted by Gasteiger charge is 2.19.